The predicted molar refractivity (Wildman–Crippen MR) is 157 cm³/mol. The fraction of sp³-hybridized carbons (Fsp3) is 0.667. The van der Waals surface area contributed by atoms with Gasteiger partial charge >= 0.3 is 6.01 Å². The number of fused-ring (bicyclic) bond motifs is 2. The van der Waals surface area contributed by atoms with Gasteiger partial charge in [0.1, 0.15) is 24.2 Å². The van der Waals surface area contributed by atoms with Crippen molar-refractivity contribution < 1.29 is 13.9 Å². The molecule has 1 saturated carbocycles. The molecular formula is C33H41FN6O2. The molecule has 4 atom stereocenters. The topological polar surface area (TPSA) is 101 Å². The van der Waals surface area contributed by atoms with E-state index in [2.05, 4.69) is 34.9 Å². The molecule has 8 nitrogen and oxygen atoms in total. The van der Waals surface area contributed by atoms with Crippen molar-refractivity contribution in [1.82, 2.24) is 14.9 Å². The summed E-state index contributed by atoms with van der Waals surface area (Å²) in [6.45, 7) is 6.07. The van der Waals surface area contributed by atoms with Crippen LogP contribution in [-0.4, -0.2) is 59.4 Å². The van der Waals surface area contributed by atoms with Crippen LogP contribution in [0, 0.1) is 30.1 Å². The van der Waals surface area contributed by atoms with Crippen molar-refractivity contribution in [1.29, 1.82) is 5.26 Å². The number of nitrogens with zero attached hydrogens (tertiary/aromatic N) is 5. The van der Waals surface area contributed by atoms with E-state index in [1.807, 2.05) is 0 Å². The van der Waals surface area contributed by atoms with E-state index in [1.54, 1.807) is 0 Å². The number of hydrogen-bond acceptors (Lipinski definition) is 8. The Balaban J connectivity index is 1.17. The molecule has 2 aromatic rings. The van der Waals surface area contributed by atoms with E-state index < -0.39 is 11.8 Å². The minimum absolute atomic E-state index is 0.0744. The predicted octanol–water partition coefficient (Wildman–Crippen LogP) is 4.93. The Morgan fingerprint density at radius 3 is 2.93 bits per heavy atom. The molecule has 222 valence electrons. The van der Waals surface area contributed by atoms with E-state index in [-0.39, 0.29) is 11.5 Å². The first-order chi connectivity index (χ1) is 20.4. The monoisotopic (exact) mass is 572 g/mol. The third kappa shape index (κ3) is 4.05. The normalized spacial score (nSPS) is 35.1. The number of rotatable bonds is 4. The van der Waals surface area contributed by atoms with Crippen LogP contribution in [-0.2, 0) is 23.4 Å². The second kappa shape index (κ2) is 9.78. The molecule has 1 unspecified atom stereocenters. The molecular weight excluding hydrogens is 531 g/mol. The lowest BCUT2D eigenvalue weighted by Gasteiger charge is -2.57. The van der Waals surface area contributed by atoms with Gasteiger partial charge in [-0.1, -0.05) is 0 Å². The van der Waals surface area contributed by atoms with Crippen LogP contribution in [0.3, 0.4) is 0 Å². The molecule has 1 aromatic heterocycles. The van der Waals surface area contributed by atoms with E-state index >= 15 is 0 Å². The minimum atomic E-state index is -0.801. The average Bonchev–Trinajstić information content (AvgIpc) is 3.35. The number of nitrogen functional groups attached to an aromatic ring is 1. The first kappa shape index (κ1) is 26.7. The average molecular weight is 573 g/mol. The first-order valence-corrected chi connectivity index (χ1v) is 16.0. The Morgan fingerprint density at radius 2 is 2.07 bits per heavy atom. The fourth-order valence-electron chi connectivity index (χ4n) is 9.31. The van der Waals surface area contributed by atoms with Crippen molar-refractivity contribution in [3.63, 3.8) is 0 Å². The standard InChI is InChI=1S/C33H41FN6O2/c1-20-10-25(36)13-27-29(20)22-11-23(12-22)33(27)15-28-26(18-42-33)30(39-7-2-4-21(16-35)5-9-39)38-31(37-28)41-19-32-6-3-8-40(32)17-24(34)14-32/h10,13,21-24H,2-9,11-12,14-15,17-19,36H2,1H3/t21-,22?,23?,24+,32-,33?/m0/s1. The van der Waals surface area contributed by atoms with Gasteiger partial charge in [-0.3, -0.25) is 4.90 Å². The number of nitrogens with two attached hydrogens (primary N) is 1. The van der Waals surface area contributed by atoms with Crippen LogP contribution in [0.1, 0.15) is 85.2 Å². The van der Waals surface area contributed by atoms with Crippen molar-refractivity contribution >= 4 is 11.5 Å². The van der Waals surface area contributed by atoms with Crippen molar-refractivity contribution in [3.8, 4) is 12.1 Å². The summed E-state index contributed by atoms with van der Waals surface area (Å²) < 4.78 is 27.9. The highest BCUT2D eigenvalue weighted by atomic mass is 19.1. The molecule has 0 radical (unpaired) electrons. The van der Waals surface area contributed by atoms with Crippen LogP contribution >= 0.6 is 0 Å². The molecule has 3 aliphatic carbocycles. The van der Waals surface area contributed by atoms with Crippen molar-refractivity contribution in [3.05, 3.63) is 40.1 Å². The van der Waals surface area contributed by atoms with E-state index in [1.165, 1.54) is 16.7 Å². The maximum absolute atomic E-state index is 14.5. The van der Waals surface area contributed by atoms with Crippen LogP contribution in [0.25, 0.3) is 0 Å². The number of benzene rings is 1. The highest BCUT2D eigenvalue weighted by Gasteiger charge is 2.57. The van der Waals surface area contributed by atoms with Crippen molar-refractivity contribution in [2.45, 2.75) is 94.5 Å². The van der Waals surface area contributed by atoms with Gasteiger partial charge in [-0.15, -0.1) is 0 Å². The number of nitriles is 1. The number of halogens is 1. The SMILES string of the molecule is Cc1cc(N)cc2c1C1CC(C1)C21Cc2nc(OC[C@@]34CCCN3C[C@H](F)C4)nc(N3CCC[C@H](C#N)CC3)c2CO1. The molecule has 7 aliphatic rings. The summed E-state index contributed by atoms with van der Waals surface area (Å²) in [4.78, 5) is 14.7. The summed E-state index contributed by atoms with van der Waals surface area (Å²) in [7, 11) is 0. The zero-order valence-corrected chi connectivity index (χ0v) is 24.6. The van der Waals surface area contributed by atoms with Gasteiger partial charge < -0.3 is 20.1 Å². The molecule has 9 rings (SSSR count). The number of ether oxygens (including phenoxy) is 2. The number of anilines is 2. The quantitative estimate of drug-likeness (QED) is 0.515. The lowest BCUT2D eigenvalue weighted by atomic mass is 9.53. The Morgan fingerprint density at radius 1 is 1.19 bits per heavy atom. The molecule has 4 aliphatic heterocycles. The van der Waals surface area contributed by atoms with Gasteiger partial charge in [0.2, 0.25) is 0 Å². The number of aryl methyl sites for hydroxylation is 1. The third-order valence-corrected chi connectivity index (χ3v) is 11.5. The van der Waals surface area contributed by atoms with E-state index in [9.17, 15) is 9.65 Å². The number of aromatic nitrogens is 2. The second-order valence-electron chi connectivity index (χ2n) is 13.9. The lowest BCUT2D eigenvalue weighted by Crippen LogP contribution is -2.53. The van der Waals surface area contributed by atoms with Crippen LogP contribution in [0.15, 0.2) is 12.1 Å². The Kier molecular flexibility index (Phi) is 6.21. The van der Waals surface area contributed by atoms with Crippen LogP contribution in [0.2, 0.25) is 0 Å². The fourth-order valence-corrected chi connectivity index (χ4v) is 9.31. The molecule has 5 heterocycles. The summed E-state index contributed by atoms with van der Waals surface area (Å²) in [5, 5.41) is 9.59. The summed E-state index contributed by atoms with van der Waals surface area (Å²) in [6.07, 6.45) is 7.36. The Labute approximate surface area is 247 Å². The molecule has 42 heavy (non-hydrogen) atoms. The highest BCUT2D eigenvalue weighted by Crippen LogP contribution is 2.62. The molecule has 1 aromatic carbocycles. The smallest absolute Gasteiger partial charge is 0.318 e. The molecule has 3 saturated heterocycles. The highest BCUT2D eigenvalue weighted by molar-refractivity contribution is 5.58. The van der Waals surface area contributed by atoms with Crippen LogP contribution in [0.4, 0.5) is 15.9 Å². The van der Waals surface area contributed by atoms with E-state index in [0.29, 0.717) is 50.4 Å². The third-order valence-electron chi connectivity index (χ3n) is 11.5. The van der Waals surface area contributed by atoms with Gasteiger partial charge in [-0.05, 0) is 99.1 Å². The number of hydrogen-bond donors (Lipinski definition) is 1. The maximum Gasteiger partial charge on any atom is 0.318 e. The van der Waals surface area contributed by atoms with E-state index in [0.717, 1.165) is 87.3 Å². The summed E-state index contributed by atoms with van der Waals surface area (Å²) in [5.41, 5.74) is 12.4. The second-order valence-corrected chi connectivity index (χ2v) is 13.9. The van der Waals surface area contributed by atoms with Crippen molar-refractivity contribution in [2.75, 3.05) is 43.4 Å². The number of alkyl halides is 1. The molecule has 9 heteroatoms. The minimum Gasteiger partial charge on any atom is -0.461 e. The zero-order chi connectivity index (χ0) is 28.6. The van der Waals surface area contributed by atoms with E-state index in [4.69, 9.17) is 25.2 Å². The van der Waals surface area contributed by atoms with Gasteiger partial charge in [-0.25, -0.2) is 4.39 Å². The van der Waals surface area contributed by atoms with Gasteiger partial charge in [0.15, 0.2) is 0 Å². The van der Waals surface area contributed by atoms with Gasteiger partial charge in [-0.2, -0.15) is 15.2 Å². The molecule has 0 amide bonds. The van der Waals surface area contributed by atoms with Gasteiger partial charge in [0, 0.05) is 49.6 Å². The maximum atomic E-state index is 14.5. The van der Waals surface area contributed by atoms with Gasteiger partial charge in [0.25, 0.3) is 0 Å². The Hall–Kier alpha value is -2.96. The summed E-state index contributed by atoms with van der Waals surface area (Å²) >= 11 is 0. The van der Waals surface area contributed by atoms with Gasteiger partial charge in [0.05, 0.1) is 23.9 Å². The van der Waals surface area contributed by atoms with Crippen LogP contribution in [0.5, 0.6) is 6.01 Å². The lowest BCUT2D eigenvalue weighted by molar-refractivity contribution is -0.151. The Bertz CT molecular complexity index is 1450. The summed E-state index contributed by atoms with van der Waals surface area (Å²) in [5.74, 6) is 1.98. The van der Waals surface area contributed by atoms with Crippen LogP contribution < -0.4 is 15.4 Å². The zero-order valence-electron chi connectivity index (χ0n) is 24.6. The molecule has 2 N–H and O–H groups in total. The molecule has 4 fully saturated rings. The summed E-state index contributed by atoms with van der Waals surface area (Å²) in [6, 6.07) is 7.10. The van der Waals surface area contributed by atoms with Crippen molar-refractivity contribution in [2.24, 2.45) is 11.8 Å². The largest absolute Gasteiger partial charge is 0.461 e. The first-order valence-electron chi connectivity index (χ1n) is 16.0. The molecule has 2 bridgehead atoms. The molecule has 1 spiro atoms.